The highest BCUT2D eigenvalue weighted by atomic mass is 35.5. The summed E-state index contributed by atoms with van der Waals surface area (Å²) in [6.45, 7) is 0. The first kappa shape index (κ1) is 25.7. The van der Waals surface area contributed by atoms with Crippen LogP contribution in [-0.2, 0) is 19.2 Å². The summed E-state index contributed by atoms with van der Waals surface area (Å²) < 4.78 is 5.19. The average molecular weight is 561 g/mol. The Morgan fingerprint density at radius 1 is 1.00 bits per heavy atom. The molecule has 3 aliphatic carbocycles. The van der Waals surface area contributed by atoms with Gasteiger partial charge in [-0.2, -0.15) is 0 Å². The fourth-order valence-electron chi connectivity index (χ4n) is 7.73. The number of halogens is 2. The predicted octanol–water partition coefficient (Wildman–Crippen LogP) is 3.72. The third-order valence-electron chi connectivity index (χ3n) is 9.52. The Kier molecular flexibility index (Phi) is 5.89. The Hall–Kier alpha value is -2.58. The number of hydrogen-bond acceptors (Lipinski definition) is 6. The van der Waals surface area contributed by atoms with E-state index >= 15 is 0 Å². The van der Waals surface area contributed by atoms with Crippen LogP contribution in [0.15, 0.2) is 29.8 Å². The van der Waals surface area contributed by atoms with Crippen molar-refractivity contribution in [2.24, 2.45) is 17.8 Å². The lowest BCUT2D eigenvalue weighted by Crippen LogP contribution is -2.60. The van der Waals surface area contributed by atoms with Gasteiger partial charge in [0.1, 0.15) is 0 Å². The molecule has 6 atom stereocenters. The van der Waals surface area contributed by atoms with Crippen LogP contribution < -0.4 is 4.74 Å². The van der Waals surface area contributed by atoms with Gasteiger partial charge in [-0.05, 0) is 49.3 Å². The van der Waals surface area contributed by atoms with Crippen molar-refractivity contribution >= 4 is 46.8 Å². The summed E-state index contributed by atoms with van der Waals surface area (Å²) in [7, 11) is 2.78. The van der Waals surface area contributed by atoms with Crippen LogP contribution in [0, 0.1) is 17.8 Å². The number of fused-ring (bicyclic) bond motifs is 4. The average Bonchev–Trinajstić information content (AvgIpc) is 3.24. The lowest BCUT2D eigenvalue weighted by atomic mass is 9.56. The molecule has 0 unspecified atom stereocenters. The zero-order valence-corrected chi connectivity index (χ0v) is 22.8. The van der Waals surface area contributed by atoms with E-state index in [4.69, 9.17) is 27.9 Å². The topological polar surface area (TPSA) is 104 Å². The number of imide groups is 2. The number of phenolic OH excluding ortho intramolecular Hbond substituents is 1. The van der Waals surface area contributed by atoms with Gasteiger partial charge < -0.3 is 9.84 Å². The molecule has 4 fully saturated rings. The zero-order chi connectivity index (χ0) is 27.1. The van der Waals surface area contributed by atoms with Crippen LogP contribution in [0.2, 0.25) is 0 Å². The number of nitrogens with zero attached hydrogens (tertiary/aromatic N) is 2. The number of ether oxygens (including phenoxy) is 1. The van der Waals surface area contributed by atoms with Crippen LogP contribution in [0.5, 0.6) is 11.5 Å². The van der Waals surface area contributed by atoms with E-state index < -0.39 is 45.2 Å². The molecule has 1 aromatic carbocycles. The number of phenols is 1. The van der Waals surface area contributed by atoms with Crippen LogP contribution in [0.4, 0.5) is 0 Å². The van der Waals surface area contributed by atoms with E-state index in [0.29, 0.717) is 17.6 Å². The molecule has 202 valence electrons. The van der Waals surface area contributed by atoms with E-state index in [-0.39, 0.29) is 35.8 Å². The van der Waals surface area contributed by atoms with Crippen LogP contribution >= 0.6 is 23.2 Å². The minimum Gasteiger partial charge on any atom is -0.504 e. The minimum absolute atomic E-state index is 0.0316. The molecule has 2 saturated carbocycles. The maximum absolute atomic E-state index is 14.0. The summed E-state index contributed by atoms with van der Waals surface area (Å²) in [5, 5.41) is 10.6. The number of allylic oxidation sites excluding steroid dienone is 2. The lowest BCUT2D eigenvalue weighted by molar-refractivity contribution is -0.144. The zero-order valence-electron chi connectivity index (χ0n) is 21.3. The highest BCUT2D eigenvalue weighted by Crippen LogP contribution is 2.65. The smallest absolute Gasteiger partial charge is 0.253 e. The third-order valence-corrected chi connectivity index (χ3v) is 10.9. The van der Waals surface area contributed by atoms with Crippen molar-refractivity contribution in [2.45, 2.75) is 66.7 Å². The predicted molar refractivity (Wildman–Crippen MR) is 139 cm³/mol. The van der Waals surface area contributed by atoms with Gasteiger partial charge in [0.05, 0.1) is 18.9 Å². The SMILES string of the molecule is COc1ccc([C@H]2C3=CC[C@@H]4C(=O)N(C5CCCCC5)C(=O)[C@@H]4[C@@H]3C[C@@]3(Cl)C(=O)N(C)C(=O)[C@@]23Cl)cc1O. The van der Waals surface area contributed by atoms with Crippen LogP contribution in [0.1, 0.15) is 56.4 Å². The summed E-state index contributed by atoms with van der Waals surface area (Å²) in [5.41, 5.74) is 1.19. The number of rotatable bonds is 3. The first-order valence-corrected chi connectivity index (χ1v) is 14.0. The Labute approximate surface area is 230 Å². The van der Waals surface area contributed by atoms with E-state index in [9.17, 15) is 24.3 Å². The molecule has 10 heteroatoms. The molecule has 8 nitrogen and oxygen atoms in total. The Morgan fingerprint density at radius 2 is 1.71 bits per heavy atom. The van der Waals surface area contributed by atoms with Crippen LogP contribution in [0.25, 0.3) is 0 Å². The molecule has 6 rings (SSSR count). The number of carbonyl (C=O) groups is 4. The van der Waals surface area contributed by atoms with Gasteiger partial charge in [-0.3, -0.25) is 29.0 Å². The molecule has 2 aliphatic heterocycles. The molecule has 0 spiro atoms. The van der Waals surface area contributed by atoms with E-state index in [0.717, 1.165) is 37.0 Å². The Morgan fingerprint density at radius 3 is 2.37 bits per heavy atom. The fourth-order valence-corrected chi connectivity index (χ4v) is 8.75. The molecule has 0 aromatic heterocycles. The molecule has 2 heterocycles. The maximum Gasteiger partial charge on any atom is 0.253 e. The summed E-state index contributed by atoms with van der Waals surface area (Å²) in [6, 6.07) is 4.61. The molecule has 1 aromatic rings. The third kappa shape index (κ3) is 3.16. The monoisotopic (exact) mass is 560 g/mol. The maximum atomic E-state index is 14.0. The molecule has 0 radical (unpaired) electrons. The van der Waals surface area contributed by atoms with Crippen molar-refractivity contribution in [2.75, 3.05) is 14.2 Å². The second kappa shape index (κ2) is 8.71. The van der Waals surface area contributed by atoms with Gasteiger partial charge in [-0.15, -0.1) is 23.2 Å². The summed E-state index contributed by atoms with van der Waals surface area (Å²) in [5.74, 6) is -4.19. The van der Waals surface area contributed by atoms with Gasteiger partial charge in [0.25, 0.3) is 11.8 Å². The highest BCUT2D eigenvalue weighted by Gasteiger charge is 2.76. The Balaban J connectivity index is 1.49. The van der Waals surface area contributed by atoms with Crippen molar-refractivity contribution < 1.29 is 29.0 Å². The Bertz CT molecular complexity index is 1290. The second-order valence-electron chi connectivity index (χ2n) is 11.3. The number of likely N-dealkylation sites (tertiary alicyclic amines) is 2. The lowest BCUT2D eigenvalue weighted by Gasteiger charge is -2.50. The molecule has 0 bridgehead atoms. The number of methoxy groups -OCH3 is 1. The van der Waals surface area contributed by atoms with Crippen LogP contribution in [0.3, 0.4) is 0 Å². The van der Waals surface area contributed by atoms with E-state index in [1.807, 2.05) is 6.08 Å². The number of aromatic hydroxyl groups is 1. The van der Waals surface area contributed by atoms with Gasteiger partial charge >= 0.3 is 0 Å². The molecular weight excluding hydrogens is 531 g/mol. The summed E-state index contributed by atoms with van der Waals surface area (Å²) >= 11 is 14.3. The minimum atomic E-state index is -1.87. The number of hydrogen-bond donors (Lipinski definition) is 1. The summed E-state index contributed by atoms with van der Waals surface area (Å²) in [4.78, 5) is 53.3. The molecular formula is C28H30Cl2N2O6. The normalized spacial score (nSPS) is 37.2. The molecule has 1 N–H and O–H groups in total. The largest absolute Gasteiger partial charge is 0.504 e. The van der Waals surface area contributed by atoms with Crippen molar-refractivity contribution in [1.29, 1.82) is 0 Å². The van der Waals surface area contributed by atoms with Gasteiger partial charge in [-0.1, -0.05) is 37.0 Å². The molecule has 5 aliphatic rings. The van der Waals surface area contributed by atoms with E-state index in [1.54, 1.807) is 12.1 Å². The van der Waals surface area contributed by atoms with Crippen molar-refractivity contribution in [3.05, 3.63) is 35.4 Å². The number of benzene rings is 1. The van der Waals surface area contributed by atoms with Gasteiger partial charge in [-0.25, -0.2) is 0 Å². The first-order chi connectivity index (χ1) is 18.1. The summed E-state index contributed by atoms with van der Waals surface area (Å²) in [6.07, 6.45) is 6.88. The van der Waals surface area contributed by atoms with Gasteiger partial charge in [0, 0.05) is 19.0 Å². The highest BCUT2D eigenvalue weighted by molar-refractivity contribution is 6.53. The number of alkyl halides is 2. The van der Waals surface area contributed by atoms with Gasteiger partial charge in [0.2, 0.25) is 11.8 Å². The first-order valence-electron chi connectivity index (χ1n) is 13.2. The van der Waals surface area contributed by atoms with E-state index in [2.05, 4.69) is 0 Å². The van der Waals surface area contributed by atoms with Crippen molar-refractivity contribution in [3.63, 3.8) is 0 Å². The van der Waals surface area contributed by atoms with Crippen molar-refractivity contribution in [1.82, 2.24) is 9.80 Å². The molecule has 2 saturated heterocycles. The van der Waals surface area contributed by atoms with Crippen LogP contribution in [-0.4, -0.2) is 68.5 Å². The van der Waals surface area contributed by atoms with Crippen molar-refractivity contribution in [3.8, 4) is 11.5 Å². The number of carbonyl (C=O) groups excluding carboxylic acids is 4. The quantitative estimate of drug-likeness (QED) is 0.343. The molecule has 4 amide bonds. The van der Waals surface area contributed by atoms with Gasteiger partial charge in [0.15, 0.2) is 21.2 Å². The fraction of sp³-hybridized carbons (Fsp3) is 0.571. The van der Waals surface area contributed by atoms with E-state index in [1.165, 1.54) is 25.1 Å². The number of amides is 4. The standard InChI is InChI=1S/C28H30Cl2N2O6/c1-31-25(36)27(29)13-18-16(22(28(27,30)26(31)37)14-8-11-20(38-2)19(33)12-14)9-10-17-21(18)24(35)32(23(17)34)15-6-4-3-5-7-15/h8-9,11-12,15,17-18,21-22,33H,3-7,10,13H2,1-2H3/t17-,18+,21-,22-,27+,28-/m0/s1. The molecule has 38 heavy (non-hydrogen) atoms. The second-order valence-corrected chi connectivity index (χ2v) is 12.5.